The van der Waals surface area contributed by atoms with Gasteiger partial charge in [0.2, 0.25) is 0 Å². The normalized spacial score (nSPS) is 10.9. The Morgan fingerprint density at radius 2 is 1.70 bits per heavy atom. The molecule has 0 aliphatic carbocycles. The van der Waals surface area contributed by atoms with Crippen LogP contribution in [0.3, 0.4) is 0 Å². The van der Waals surface area contributed by atoms with Crippen LogP contribution in [-0.4, -0.2) is 47.9 Å². The predicted octanol–water partition coefficient (Wildman–Crippen LogP) is 1.78. The maximum Gasteiger partial charge on any atom is 0.501 e. The summed E-state index contributed by atoms with van der Waals surface area (Å²) in [4.78, 5) is 11.2. The largest absolute Gasteiger partial charge is 0.501 e. The average molecular weight is 303 g/mol. The second-order valence-electron chi connectivity index (χ2n) is 3.78. The van der Waals surface area contributed by atoms with E-state index in [-0.39, 0.29) is 13.2 Å². The summed E-state index contributed by atoms with van der Waals surface area (Å²) in [6, 6.07) is 0.616. The molecule has 7 heteroatoms. The van der Waals surface area contributed by atoms with E-state index in [4.69, 9.17) is 24.4 Å². The molecule has 0 aliphatic rings. The minimum absolute atomic E-state index is 0.161. The zero-order valence-electron chi connectivity index (χ0n) is 12.6. The first-order valence-electron chi connectivity index (χ1n) is 6.90. The van der Waals surface area contributed by atoms with Gasteiger partial charge in [-0.3, -0.25) is 0 Å². The molecule has 1 amide bonds. The van der Waals surface area contributed by atoms with Gasteiger partial charge in [0, 0.05) is 25.9 Å². The third kappa shape index (κ3) is 8.17. The molecule has 0 rings (SSSR count). The van der Waals surface area contributed by atoms with E-state index in [1.165, 1.54) is 0 Å². The number of alkyl carbamates (subject to hydrolysis) is 1. The topological polar surface area (TPSA) is 66.0 Å². The lowest BCUT2D eigenvalue weighted by molar-refractivity contribution is 0.0682. The van der Waals surface area contributed by atoms with Gasteiger partial charge >= 0.3 is 14.9 Å². The van der Waals surface area contributed by atoms with Gasteiger partial charge in [0.15, 0.2) is 0 Å². The quantitative estimate of drug-likeness (QED) is 0.358. The standard InChI is InChI=1S/C13H25NO5Si/c1-5-10-14-13(15)16-11-9-12-20(17-6-2,18-7-3)19-8-4/h1H,6-12H2,2-4H3,(H,14,15). The minimum atomic E-state index is -2.64. The summed E-state index contributed by atoms with van der Waals surface area (Å²) in [5, 5.41) is 2.43. The highest BCUT2D eigenvalue weighted by atomic mass is 28.4. The second kappa shape index (κ2) is 11.7. The second-order valence-corrected chi connectivity index (χ2v) is 6.51. The first-order chi connectivity index (χ1) is 9.64. The molecule has 0 radical (unpaired) electrons. The van der Waals surface area contributed by atoms with Gasteiger partial charge in [-0.1, -0.05) is 5.92 Å². The van der Waals surface area contributed by atoms with Gasteiger partial charge < -0.3 is 23.3 Å². The molecule has 0 spiro atoms. The molecule has 0 saturated heterocycles. The first kappa shape index (κ1) is 18.9. The summed E-state index contributed by atoms with van der Waals surface area (Å²) in [7, 11) is -2.64. The van der Waals surface area contributed by atoms with Gasteiger partial charge in [-0.15, -0.1) is 6.42 Å². The van der Waals surface area contributed by atoms with Crippen LogP contribution in [0, 0.1) is 12.3 Å². The van der Waals surface area contributed by atoms with Crippen molar-refractivity contribution in [3.8, 4) is 12.3 Å². The number of hydrogen-bond acceptors (Lipinski definition) is 5. The molecule has 0 fully saturated rings. The number of carbonyl (C=O) groups is 1. The highest BCUT2D eigenvalue weighted by Crippen LogP contribution is 2.18. The SMILES string of the molecule is C#CCNC(=O)OCCC[Si](OCC)(OCC)OCC. The van der Waals surface area contributed by atoms with Gasteiger partial charge in [-0.25, -0.2) is 4.79 Å². The van der Waals surface area contributed by atoms with E-state index in [0.717, 1.165) is 0 Å². The van der Waals surface area contributed by atoms with Crippen LogP contribution in [0.25, 0.3) is 0 Å². The number of terminal acetylenes is 1. The van der Waals surface area contributed by atoms with Crippen molar-refractivity contribution in [1.82, 2.24) is 5.32 Å². The van der Waals surface area contributed by atoms with Crippen LogP contribution in [0.1, 0.15) is 27.2 Å². The molecule has 0 aromatic rings. The molecule has 0 aromatic carbocycles. The van der Waals surface area contributed by atoms with Crippen molar-refractivity contribution in [2.24, 2.45) is 0 Å². The van der Waals surface area contributed by atoms with E-state index in [9.17, 15) is 4.79 Å². The third-order valence-electron chi connectivity index (χ3n) is 2.29. The number of carbonyl (C=O) groups excluding carboxylic acids is 1. The summed E-state index contributed by atoms with van der Waals surface area (Å²) >= 11 is 0. The lowest BCUT2D eigenvalue weighted by Crippen LogP contribution is -2.46. The molecule has 1 N–H and O–H groups in total. The van der Waals surface area contributed by atoms with E-state index in [1.54, 1.807) is 0 Å². The van der Waals surface area contributed by atoms with Crippen molar-refractivity contribution in [2.45, 2.75) is 33.2 Å². The monoisotopic (exact) mass is 303 g/mol. The van der Waals surface area contributed by atoms with Gasteiger partial charge in [0.25, 0.3) is 0 Å². The van der Waals surface area contributed by atoms with Gasteiger partial charge in [-0.05, 0) is 27.2 Å². The Morgan fingerprint density at radius 3 is 2.15 bits per heavy atom. The Hall–Kier alpha value is -1.07. The van der Waals surface area contributed by atoms with Gasteiger partial charge in [0.1, 0.15) is 0 Å². The highest BCUT2D eigenvalue weighted by Gasteiger charge is 2.39. The fourth-order valence-corrected chi connectivity index (χ4v) is 4.21. The average Bonchev–Trinajstić information content (AvgIpc) is 2.42. The van der Waals surface area contributed by atoms with E-state index >= 15 is 0 Å². The Kier molecular flexibility index (Phi) is 11.1. The first-order valence-corrected chi connectivity index (χ1v) is 8.83. The number of rotatable bonds is 11. The van der Waals surface area contributed by atoms with Gasteiger partial charge in [-0.2, -0.15) is 0 Å². The molecule has 0 unspecified atom stereocenters. The summed E-state index contributed by atoms with van der Waals surface area (Å²) in [6.07, 6.45) is 5.13. The molecule has 0 bridgehead atoms. The summed E-state index contributed by atoms with van der Waals surface area (Å²) < 4.78 is 22.1. The molecule has 0 aromatic heterocycles. The van der Waals surface area contributed by atoms with E-state index in [1.807, 2.05) is 20.8 Å². The summed E-state index contributed by atoms with van der Waals surface area (Å²) in [5.41, 5.74) is 0. The van der Waals surface area contributed by atoms with E-state index in [0.29, 0.717) is 32.3 Å². The van der Waals surface area contributed by atoms with E-state index < -0.39 is 14.9 Å². The molecule has 0 atom stereocenters. The number of nitrogens with one attached hydrogen (secondary N) is 1. The van der Waals surface area contributed by atoms with Crippen LogP contribution in [-0.2, 0) is 18.0 Å². The Bertz CT molecular complexity index is 289. The van der Waals surface area contributed by atoms with E-state index in [2.05, 4.69) is 11.2 Å². The number of amides is 1. The fourth-order valence-electron chi connectivity index (χ4n) is 1.63. The van der Waals surface area contributed by atoms with Crippen molar-refractivity contribution >= 4 is 14.9 Å². The Labute approximate surface area is 122 Å². The maximum absolute atomic E-state index is 11.2. The Morgan fingerprint density at radius 1 is 1.15 bits per heavy atom. The highest BCUT2D eigenvalue weighted by molar-refractivity contribution is 6.60. The smallest absolute Gasteiger partial charge is 0.450 e. The maximum atomic E-state index is 11.2. The molecular formula is C13H25NO5Si. The molecular weight excluding hydrogens is 278 g/mol. The third-order valence-corrected chi connectivity index (χ3v) is 5.44. The number of ether oxygens (including phenoxy) is 1. The van der Waals surface area contributed by atoms with Crippen molar-refractivity contribution in [3.63, 3.8) is 0 Å². The molecule has 20 heavy (non-hydrogen) atoms. The summed E-state index contributed by atoms with van der Waals surface area (Å²) in [5.74, 6) is 2.30. The molecule has 6 nitrogen and oxygen atoms in total. The van der Waals surface area contributed by atoms with Crippen molar-refractivity contribution < 1.29 is 22.8 Å². The van der Waals surface area contributed by atoms with Crippen LogP contribution in [0.5, 0.6) is 0 Å². The fraction of sp³-hybridized carbons (Fsp3) is 0.769. The zero-order chi connectivity index (χ0) is 15.3. The molecule has 0 saturated carbocycles. The molecule has 0 aliphatic heterocycles. The van der Waals surface area contributed by atoms with Crippen molar-refractivity contribution in [2.75, 3.05) is 33.0 Å². The van der Waals surface area contributed by atoms with Crippen LogP contribution < -0.4 is 5.32 Å². The van der Waals surface area contributed by atoms with Gasteiger partial charge in [0.05, 0.1) is 13.2 Å². The summed E-state index contributed by atoms with van der Waals surface area (Å²) in [6.45, 7) is 7.77. The van der Waals surface area contributed by atoms with Crippen LogP contribution in [0.4, 0.5) is 4.79 Å². The molecule has 116 valence electrons. The Balaban J connectivity index is 4.12. The lowest BCUT2D eigenvalue weighted by Gasteiger charge is -2.28. The lowest BCUT2D eigenvalue weighted by atomic mass is 10.5. The minimum Gasteiger partial charge on any atom is -0.450 e. The van der Waals surface area contributed by atoms with Crippen molar-refractivity contribution in [1.29, 1.82) is 0 Å². The van der Waals surface area contributed by atoms with Crippen LogP contribution in [0.2, 0.25) is 6.04 Å². The zero-order valence-corrected chi connectivity index (χ0v) is 13.6. The van der Waals surface area contributed by atoms with Crippen molar-refractivity contribution in [3.05, 3.63) is 0 Å². The molecule has 0 heterocycles. The number of hydrogen-bond donors (Lipinski definition) is 1. The van der Waals surface area contributed by atoms with Crippen LogP contribution >= 0.6 is 0 Å². The predicted molar refractivity (Wildman–Crippen MR) is 78.2 cm³/mol. The van der Waals surface area contributed by atoms with Crippen LogP contribution in [0.15, 0.2) is 0 Å².